The number of benzene rings is 1. The van der Waals surface area contributed by atoms with Crippen LogP contribution in [0.1, 0.15) is 6.42 Å². The largest absolute Gasteiger partial charge is 0.491 e. The fourth-order valence-electron chi connectivity index (χ4n) is 2.75. The quantitative estimate of drug-likeness (QED) is 0.261. The summed E-state index contributed by atoms with van der Waals surface area (Å²) in [6.07, 6.45) is -22.8. The van der Waals surface area contributed by atoms with E-state index in [-0.39, 0.29) is 5.75 Å². The summed E-state index contributed by atoms with van der Waals surface area (Å²) < 4.78 is 257. The number of hydrogen-bond donors (Lipinski definition) is 1. The molecule has 1 N–H and O–H groups in total. The van der Waals surface area contributed by atoms with Crippen LogP contribution in [0.2, 0.25) is 0 Å². The van der Waals surface area contributed by atoms with E-state index in [9.17, 15) is 88.5 Å². The van der Waals surface area contributed by atoms with Crippen LogP contribution < -0.4 is 4.74 Å². The summed E-state index contributed by atoms with van der Waals surface area (Å²) in [7, 11) is 0. The first-order valence-electron chi connectivity index (χ1n) is 9.42. The van der Waals surface area contributed by atoms with Crippen LogP contribution in [-0.2, 0) is 0 Å². The first kappa shape index (κ1) is 34.7. The van der Waals surface area contributed by atoms with Gasteiger partial charge in [-0.25, -0.2) is 4.39 Å². The third-order valence-electron chi connectivity index (χ3n) is 4.93. The maximum Gasteiger partial charge on any atom is 0.438 e. The number of halogens is 19. The summed E-state index contributed by atoms with van der Waals surface area (Å²) >= 11 is 0. The topological polar surface area (TPSA) is 29.5 Å². The molecule has 1 unspecified atom stereocenters. The van der Waals surface area contributed by atoms with Crippen molar-refractivity contribution in [2.75, 3.05) is 6.61 Å². The molecule has 228 valence electrons. The van der Waals surface area contributed by atoms with Gasteiger partial charge in [0.2, 0.25) is 0 Å². The molecule has 0 aliphatic carbocycles. The highest BCUT2D eigenvalue weighted by Crippen LogP contribution is 2.66. The Kier molecular flexibility index (Phi) is 8.83. The molecule has 0 amide bonds. The number of aliphatic hydroxyl groups is 1. The summed E-state index contributed by atoms with van der Waals surface area (Å²) in [4.78, 5) is 0. The number of hydrogen-bond acceptors (Lipinski definition) is 2. The number of para-hydroxylation sites is 1. The molecule has 0 radical (unpaired) electrons. The maximum atomic E-state index is 13.9. The van der Waals surface area contributed by atoms with Crippen molar-refractivity contribution in [2.45, 2.75) is 66.1 Å². The molecule has 0 heterocycles. The Hall–Kier alpha value is -2.35. The van der Waals surface area contributed by atoms with E-state index in [0.29, 0.717) is 0 Å². The number of ether oxygens (including phenoxy) is 1. The Labute approximate surface area is 203 Å². The molecule has 1 atom stereocenters. The van der Waals surface area contributed by atoms with E-state index in [1.165, 1.54) is 18.2 Å². The number of alkyl halides is 19. The molecule has 0 saturated carbocycles. The third-order valence-corrected chi connectivity index (χ3v) is 4.93. The van der Waals surface area contributed by atoms with E-state index in [2.05, 4.69) is 4.74 Å². The lowest BCUT2D eigenvalue weighted by Crippen LogP contribution is -2.77. The minimum absolute atomic E-state index is 0.297. The van der Waals surface area contributed by atoms with Crippen LogP contribution >= 0.6 is 0 Å². The molecule has 0 fully saturated rings. The van der Waals surface area contributed by atoms with Gasteiger partial charge in [0.25, 0.3) is 0 Å². The Morgan fingerprint density at radius 2 is 0.897 bits per heavy atom. The van der Waals surface area contributed by atoms with Gasteiger partial charge in [-0.05, 0) is 12.1 Å². The van der Waals surface area contributed by atoms with Crippen molar-refractivity contribution in [3.63, 3.8) is 0 Å². The Morgan fingerprint density at radius 3 is 1.28 bits per heavy atom. The van der Waals surface area contributed by atoms with Gasteiger partial charge >= 0.3 is 53.6 Å². The summed E-state index contributed by atoms with van der Waals surface area (Å²) in [5.74, 6) is -50.8. The second kappa shape index (κ2) is 9.93. The second-order valence-corrected chi connectivity index (χ2v) is 7.71. The first-order valence-corrected chi connectivity index (χ1v) is 9.42. The minimum atomic E-state index is -9.07. The molecule has 1 rings (SSSR count). The van der Waals surface area contributed by atoms with Crippen molar-refractivity contribution in [3.8, 4) is 5.75 Å². The minimum Gasteiger partial charge on any atom is -0.491 e. The molecule has 1 aromatic carbocycles. The zero-order chi connectivity index (χ0) is 31.3. The molecule has 0 aromatic heterocycles. The van der Waals surface area contributed by atoms with Gasteiger partial charge in [-0.3, -0.25) is 0 Å². The molecule has 0 aliphatic heterocycles. The van der Waals surface area contributed by atoms with Gasteiger partial charge in [0.15, 0.2) is 0 Å². The Morgan fingerprint density at radius 1 is 0.538 bits per heavy atom. The molecular weight excluding hydrogens is 609 g/mol. The monoisotopic (exact) mass is 620 g/mol. The molecule has 0 aliphatic rings. The lowest BCUT2D eigenvalue weighted by atomic mass is 9.83. The van der Waals surface area contributed by atoms with E-state index >= 15 is 0 Å². The zero-order valence-corrected chi connectivity index (χ0v) is 17.9. The molecular formula is C18H11F19O2. The lowest BCUT2D eigenvalue weighted by Gasteiger charge is -2.45. The van der Waals surface area contributed by atoms with Gasteiger partial charge in [0, 0.05) is 6.42 Å². The predicted octanol–water partition coefficient (Wildman–Crippen LogP) is 7.46. The first-order chi connectivity index (χ1) is 17.0. The predicted molar refractivity (Wildman–Crippen MR) is 88.2 cm³/mol. The number of aliphatic hydroxyl groups excluding tert-OH is 1. The summed E-state index contributed by atoms with van der Waals surface area (Å²) in [6, 6.07) is 5.86. The van der Waals surface area contributed by atoms with Gasteiger partial charge in [0.1, 0.15) is 12.4 Å². The van der Waals surface area contributed by atoms with Crippen molar-refractivity contribution in [3.05, 3.63) is 30.3 Å². The van der Waals surface area contributed by atoms with Crippen LogP contribution in [0.15, 0.2) is 30.3 Å². The van der Waals surface area contributed by atoms with Crippen LogP contribution in [0.5, 0.6) is 5.75 Å². The molecule has 0 bridgehead atoms. The average molecular weight is 620 g/mol. The molecule has 21 heteroatoms. The van der Waals surface area contributed by atoms with Crippen LogP contribution in [0.3, 0.4) is 0 Å². The maximum absolute atomic E-state index is 13.9. The van der Waals surface area contributed by atoms with Gasteiger partial charge in [0.05, 0.1) is 6.10 Å². The zero-order valence-electron chi connectivity index (χ0n) is 17.9. The normalized spacial score (nSPS) is 16.3. The van der Waals surface area contributed by atoms with Crippen LogP contribution in [-0.4, -0.2) is 71.4 Å². The van der Waals surface area contributed by atoms with Gasteiger partial charge in [-0.15, -0.1) is 0 Å². The standard InChI is InChI=1S/C18H11F19O2/c19-10(20,6-8(38)7-39-9-4-2-1-3-5-9)12(22,23)14(26,27)16(30,31)15(28,29)13(24,25)11(21,17(32,33)34)18(35,36)37/h1-5,8,38H,6-7H2. The molecule has 1 aromatic rings. The van der Waals surface area contributed by atoms with E-state index in [1.807, 2.05) is 0 Å². The fraction of sp³-hybridized carbons (Fsp3) is 0.667. The van der Waals surface area contributed by atoms with Gasteiger partial charge in [-0.2, -0.15) is 79.0 Å². The van der Waals surface area contributed by atoms with Crippen LogP contribution in [0.25, 0.3) is 0 Å². The molecule has 2 nitrogen and oxygen atoms in total. The van der Waals surface area contributed by atoms with Crippen molar-refractivity contribution >= 4 is 0 Å². The molecule has 0 saturated heterocycles. The van der Waals surface area contributed by atoms with Gasteiger partial charge in [-0.1, -0.05) is 18.2 Å². The van der Waals surface area contributed by atoms with E-state index < -0.39 is 72.7 Å². The van der Waals surface area contributed by atoms with Crippen molar-refractivity contribution in [1.82, 2.24) is 0 Å². The summed E-state index contributed by atoms with van der Waals surface area (Å²) in [5.41, 5.74) is -8.78. The van der Waals surface area contributed by atoms with Crippen LogP contribution in [0, 0.1) is 0 Å². The second-order valence-electron chi connectivity index (χ2n) is 7.71. The molecule has 39 heavy (non-hydrogen) atoms. The highest BCUT2D eigenvalue weighted by Gasteiger charge is 2.98. The highest BCUT2D eigenvalue weighted by atomic mass is 19.4. The van der Waals surface area contributed by atoms with E-state index in [4.69, 9.17) is 0 Å². The fourth-order valence-corrected chi connectivity index (χ4v) is 2.75. The van der Waals surface area contributed by atoms with Crippen molar-refractivity contribution in [2.24, 2.45) is 0 Å². The van der Waals surface area contributed by atoms with Crippen molar-refractivity contribution < 1.29 is 93.3 Å². The summed E-state index contributed by atoms with van der Waals surface area (Å²) in [5, 5.41) is 9.31. The Balaban J connectivity index is 3.50. The summed E-state index contributed by atoms with van der Waals surface area (Å²) in [6.45, 7) is -1.51. The third kappa shape index (κ3) is 5.25. The average Bonchev–Trinajstić information content (AvgIpc) is 2.75. The van der Waals surface area contributed by atoms with E-state index in [1.54, 1.807) is 0 Å². The Bertz CT molecular complexity index is 953. The number of rotatable bonds is 11. The van der Waals surface area contributed by atoms with E-state index in [0.717, 1.165) is 12.1 Å². The molecule has 0 spiro atoms. The van der Waals surface area contributed by atoms with Crippen molar-refractivity contribution in [1.29, 1.82) is 0 Å². The lowest BCUT2D eigenvalue weighted by molar-refractivity contribution is -0.472. The van der Waals surface area contributed by atoms with Gasteiger partial charge < -0.3 is 9.84 Å². The van der Waals surface area contributed by atoms with Crippen LogP contribution in [0.4, 0.5) is 83.4 Å². The smallest absolute Gasteiger partial charge is 0.438 e. The SMILES string of the molecule is OC(COc1ccccc1)CC(F)(F)C(F)(F)C(F)(F)C(F)(F)C(F)(F)C(F)(F)C(F)(C(F)(F)F)C(F)(F)F. The highest BCUT2D eigenvalue weighted by molar-refractivity contribution is 5.21.